The molecule has 2 aromatic carbocycles. The lowest BCUT2D eigenvalue weighted by atomic mass is 9.97. The molecule has 4 aliphatic heterocycles. The first-order valence-corrected chi connectivity index (χ1v) is 15.3. The summed E-state index contributed by atoms with van der Waals surface area (Å²) in [6.07, 6.45) is 7.47. The molecule has 3 aromatic rings. The summed E-state index contributed by atoms with van der Waals surface area (Å²) < 4.78 is 6.35. The molecule has 0 amide bonds. The average molecular weight is 543 g/mol. The molecule has 0 saturated carbocycles. The number of likely N-dealkylation sites (N-methyl/N-ethyl adjacent to an activating group) is 1. The van der Waals surface area contributed by atoms with E-state index in [0.29, 0.717) is 30.7 Å². The summed E-state index contributed by atoms with van der Waals surface area (Å²) in [7, 11) is 2.19. The van der Waals surface area contributed by atoms with Crippen LogP contribution in [0.1, 0.15) is 48.9 Å². The number of anilines is 2. The van der Waals surface area contributed by atoms with Gasteiger partial charge in [0.15, 0.2) is 0 Å². The number of likely N-dealkylation sites (tertiary alicyclic amines) is 1. The van der Waals surface area contributed by atoms with Gasteiger partial charge in [0, 0.05) is 61.0 Å². The molecule has 2 N–H and O–H groups in total. The number of piperazine rings is 1. The number of fused-ring (bicyclic) bond motifs is 4. The highest BCUT2D eigenvalue weighted by molar-refractivity contribution is 5.97. The summed E-state index contributed by atoms with van der Waals surface area (Å²) >= 11 is 0. The number of aliphatic hydroxyl groups is 1. The largest absolute Gasteiger partial charge is 0.462 e. The minimum Gasteiger partial charge on any atom is -0.462 e. The Morgan fingerprint density at radius 1 is 1.00 bits per heavy atom. The molecule has 2 bridgehead atoms. The van der Waals surface area contributed by atoms with Crippen LogP contribution in [0.15, 0.2) is 36.4 Å². The van der Waals surface area contributed by atoms with Gasteiger partial charge in [-0.05, 0) is 75.6 Å². The number of hydrogen-bond donors (Lipinski definition) is 2. The van der Waals surface area contributed by atoms with Crippen LogP contribution in [0, 0.1) is 0 Å². The van der Waals surface area contributed by atoms with Crippen molar-refractivity contribution in [3.05, 3.63) is 53.2 Å². The smallest absolute Gasteiger partial charge is 0.318 e. The summed E-state index contributed by atoms with van der Waals surface area (Å²) in [5, 5.41) is 15.8. The average Bonchev–Trinajstić information content (AvgIpc) is 3.56. The van der Waals surface area contributed by atoms with Gasteiger partial charge in [0.1, 0.15) is 12.4 Å². The van der Waals surface area contributed by atoms with Gasteiger partial charge in [-0.1, -0.05) is 30.3 Å². The number of aromatic nitrogens is 2. The third kappa shape index (κ3) is 5.01. The highest BCUT2D eigenvalue weighted by Gasteiger charge is 2.35. The maximum absolute atomic E-state index is 9.50. The minimum atomic E-state index is 0.211. The van der Waals surface area contributed by atoms with Crippen LogP contribution in [0.25, 0.3) is 10.8 Å². The highest BCUT2D eigenvalue weighted by Crippen LogP contribution is 2.37. The summed E-state index contributed by atoms with van der Waals surface area (Å²) in [4.78, 5) is 17.5. The number of aryl methyl sites for hydroxylation is 1. The molecule has 212 valence electrons. The van der Waals surface area contributed by atoms with E-state index < -0.39 is 0 Å². The van der Waals surface area contributed by atoms with Gasteiger partial charge in [0.25, 0.3) is 0 Å². The van der Waals surface area contributed by atoms with Crippen molar-refractivity contribution in [1.82, 2.24) is 20.2 Å². The molecule has 0 unspecified atom stereocenters. The van der Waals surface area contributed by atoms with Gasteiger partial charge >= 0.3 is 6.01 Å². The number of ether oxygens (including phenoxy) is 1. The van der Waals surface area contributed by atoms with Crippen LogP contribution < -0.4 is 19.9 Å². The SMILES string of the molecule is CN1CCC[C@H]1COc1nc2c(c(N3C[C@H]4CC[C@@H](C3)N4)n1)CCN(c1cccc3cccc(CCCO)c13)C2. The second kappa shape index (κ2) is 11.1. The second-order valence-corrected chi connectivity index (χ2v) is 12.2. The Bertz CT molecular complexity index is 1350. The summed E-state index contributed by atoms with van der Waals surface area (Å²) in [5.41, 5.74) is 4.95. The standard InChI is InChI=1S/C32H42N6O2/c1-36-15-4-10-26(36)21-40-32-34-28-20-37(29-11-3-8-22-6-2-7-23(30(22)29)9-5-17-39)16-14-27(28)31(35-32)38-18-24-12-13-25(19-38)33-24/h2-3,6-8,11,24-26,33,39H,4-5,9-10,12-21H2,1H3/t24-,25+,26-/m0/s1. The number of benzene rings is 2. The lowest BCUT2D eigenvalue weighted by Gasteiger charge is -2.37. The Morgan fingerprint density at radius 2 is 1.82 bits per heavy atom. The summed E-state index contributed by atoms with van der Waals surface area (Å²) in [6, 6.07) is 15.2. The fourth-order valence-electron chi connectivity index (χ4n) is 7.39. The van der Waals surface area contributed by atoms with Crippen molar-refractivity contribution in [3.8, 4) is 6.01 Å². The maximum Gasteiger partial charge on any atom is 0.318 e. The van der Waals surface area contributed by atoms with Crippen LogP contribution in [-0.2, 0) is 19.4 Å². The van der Waals surface area contributed by atoms with Crippen molar-refractivity contribution < 1.29 is 9.84 Å². The quantitative estimate of drug-likeness (QED) is 0.448. The molecule has 40 heavy (non-hydrogen) atoms. The predicted molar refractivity (Wildman–Crippen MR) is 159 cm³/mol. The topological polar surface area (TPSA) is 77.0 Å². The fourth-order valence-corrected chi connectivity index (χ4v) is 7.39. The second-order valence-electron chi connectivity index (χ2n) is 12.2. The van der Waals surface area contributed by atoms with Gasteiger partial charge in [0.2, 0.25) is 0 Å². The van der Waals surface area contributed by atoms with Crippen molar-refractivity contribution in [1.29, 1.82) is 0 Å². The van der Waals surface area contributed by atoms with E-state index in [1.54, 1.807) is 0 Å². The first-order valence-electron chi connectivity index (χ1n) is 15.3. The summed E-state index contributed by atoms with van der Waals surface area (Å²) in [6.45, 7) is 5.68. The molecule has 3 atom stereocenters. The molecule has 0 radical (unpaired) electrons. The van der Waals surface area contributed by atoms with Crippen molar-refractivity contribution in [2.75, 3.05) is 56.2 Å². The van der Waals surface area contributed by atoms with Crippen LogP contribution in [0.4, 0.5) is 11.5 Å². The Kier molecular flexibility index (Phi) is 7.24. The fraction of sp³-hybridized carbons (Fsp3) is 0.562. The number of hydrogen-bond acceptors (Lipinski definition) is 8. The van der Waals surface area contributed by atoms with E-state index in [0.717, 1.165) is 63.5 Å². The normalized spacial score (nSPS) is 24.6. The van der Waals surface area contributed by atoms with E-state index in [1.807, 2.05) is 0 Å². The molecule has 5 heterocycles. The number of rotatable bonds is 8. The molecule has 3 fully saturated rings. The Morgan fingerprint density at radius 3 is 2.60 bits per heavy atom. The van der Waals surface area contributed by atoms with E-state index in [9.17, 15) is 5.11 Å². The molecule has 1 aromatic heterocycles. The van der Waals surface area contributed by atoms with Crippen molar-refractivity contribution in [2.24, 2.45) is 0 Å². The zero-order chi connectivity index (χ0) is 27.1. The third-order valence-electron chi connectivity index (χ3n) is 9.53. The molecular formula is C32H42N6O2. The number of aliphatic hydroxyl groups excluding tert-OH is 1. The molecule has 0 aliphatic carbocycles. The van der Waals surface area contributed by atoms with E-state index in [1.165, 1.54) is 53.3 Å². The Labute approximate surface area is 237 Å². The van der Waals surface area contributed by atoms with E-state index in [2.05, 4.69) is 63.5 Å². The van der Waals surface area contributed by atoms with Crippen LogP contribution in [-0.4, -0.2) is 84.5 Å². The molecule has 8 nitrogen and oxygen atoms in total. The predicted octanol–water partition coefficient (Wildman–Crippen LogP) is 3.53. The Balaban J connectivity index is 1.22. The summed E-state index contributed by atoms with van der Waals surface area (Å²) in [5.74, 6) is 1.10. The minimum absolute atomic E-state index is 0.211. The zero-order valence-corrected chi connectivity index (χ0v) is 23.7. The van der Waals surface area contributed by atoms with Crippen molar-refractivity contribution in [3.63, 3.8) is 0 Å². The lowest BCUT2D eigenvalue weighted by molar-refractivity contribution is 0.187. The van der Waals surface area contributed by atoms with Gasteiger partial charge in [-0.25, -0.2) is 0 Å². The van der Waals surface area contributed by atoms with Crippen molar-refractivity contribution >= 4 is 22.3 Å². The molecule has 7 rings (SSSR count). The number of nitrogens with zero attached hydrogens (tertiary/aromatic N) is 5. The van der Waals surface area contributed by atoms with E-state index in [4.69, 9.17) is 14.7 Å². The Hall–Kier alpha value is -2.94. The number of nitrogens with one attached hydrogen (secondary N) is 1. The zero-order valence-electron chi connectivity index (χ0n) is 23.7. The molecular weight excluding hydrogens is 500 g/mol. The van der Waals surface area contributed by atoms with Gasteiger partial charge in [0.05, 0.1) is 12.2 Å². The van der Waals surface area contributed by atoms with Crippen molar-refractivity contribution in [2.45, 2.75) is 69.6 Å². The van der Waals surface area contributed by atoms with Gasteiger partial charge in [-0.2, -0.15) is 9.97 Å². The van der Waals surface area contributed by atoms with Crippen LogP contribution >= 0.6 is 0 Å². The first kappa shape index (κ1) is 26.0. The molecule has 4 aliphatic rings. The van der Waals surface area contributed by atoms with E-state index in [-0.39, 0.29) is 6.61 Å². The highest BCUT2D eigenvalue weighted by atomic mass is 16.5. The molecule has 8 heteroatoms. The maximum atomic E-state index is 9.50. The lowest BCUT2D eigenvalue weighted by Crippen LogP contribution is -2.52. The molecule has 3 saturated heterocycles. The van der Waals surface area contributed by atoms with Crippen LogP contribution in [0.3, 0.4) is 0 Å². The molecule has 0 spiro atoms. The monoisotopic (exact) mass is 542 g/mol. The van der Waals surface area contributed by atoms with Gasteiger partial charge in [-0.3, -0.25) is 0 Å². The van der Waals surface area contributed by atoms with Gasteiger partial charge in [-0.15, -0.1) is 0 Å². The third-order valence-corrected chi connectivity index (χ3v) is 9.53. The van der Waals surface area contributed by atoms with E-state index >= 15 is 0 Å². The van der Waals surface area contributed by atoms with Gasteiger partial charge < -0.3 is 29.9 Å². The van der Waals surface area contributed by atoms with Crippen LogP contribution in [0.2, 0.25) is 0 Å². The van der Waals surface area contributed by atoms with Crippen LogP contribution in [0.5, 0.6) is 6.01 Å². The first-order chi connectivity index (χ1) is 19.7.